The van der Waals surface area contributed by atoms with Gasteiger partial charge in [0.2, 0.25) is 0 Å². The molecule has 0 bridgehead atoms. The standard InChI is InChI=1S/C16H24N2O/c1-12-2-3-13-14(10-12)16(4-6-17-7-5-16)11-15(13)18-8-9-19/h2-3,10,15,17-19H,4-9,11H2,1H3. The van der Waals surface area contributed by atoms with Gasteiger partial charge in [-0.3, -0.25) is 0 Å². The molecule has 1 aliphatic heterocycles. The molecule has 2 aliphatic rings. The molecule has 3 heteroatoms. The molecule has 1 aromatic rings. The summed E-state index contributed by atoms with van der Waals surface area (Å²) in [6, 6.07) is 7.31. The molecule has 1 atom stereocenters. The smallest absolute Gasteiger partial charge is 0.0556 e. The van der Waals surface area contributed by atoms with Crippen LogP contribution < -0.4 is 10.6 Å². The molecule has 0 amide bonds. The van der Waals surface area contributed by atoms with Gasteiger partial charge in [0.1, 0.15) is 0 Å². The summed E-state index contributed by atoms with van der Waals surface area (Å²) in [5, 5.41) is 16.0. The fourth-order valence-electron chi connectivity index (χ4n) is 3.84. The van der Waals surface area contributed by atoms with E-state index in [9.17, 15) is 0 Å². The van der Waals surface area contributed by atoms with Gasteiger partial charge in [-0.05, 0) is 55.8 Å². The number of aliphatic hydroxyl groups excluding tert-OH is 1. The van der Waals surface area contributed by atoms with Gasteiger partial charge in [-0.15, -0.1) is 0 Å². The first kappa shape index (κ1) is 13.1. The zero-order valence-electron chi connectivity index (χ0n) is 11.7. The van der Waals surface area contributed by atoms with Crippen molar-refractivity contribution >= 4 is 0 Å². The number of fused-ring (bicyclic) bond motifs is 2. The fourth-order valence-corrected chi connectivity index (χ4v) is 3.84. The highest BCUT2D eigenvalue weighted by molar-refractivity contribution is 5.45. The van der Waals surface area contributed by atoms with E-state index < -0.39 is 0 Å². The molecule has 19 heavy (non-hydrogen) atoms. The van der Waals surface area contributed by atoms with E-state index in [1.807, 2.05) is 0 Å². The highest BCUT2D eigenvalue weighted by atomic mass is 16.3. The van der Waals surface area contributed by atoms with E-state index in [1.165, 1.54) is 30.4 Å². The summed E-state index contributed by atoms with van der Waals surface area (Å²) in [5.41, 5.74) is 4.74. The van der Waals surface area contributed by atoms with Crippen LogP contribution in [-0.4, -0.2) is 31.3 Å². The van der Waals surface area contributed by atoms with Crippen LogP contribution in [0.4, 0.5) is 0 Å². The first-order valence-corrected chi connectivity index (χ1v) is 7.41. The summed E-state index contributed by atoms with van der Waals surface area (Å²) in [5.74, 6) is 0. The van der Waals surface area contributed by atoms with Gasteiger partial charge in [0.15, 0.2) is 0 Å². The monoisotopic (exact) mass is 260 g/mol. The van der Waals surface area contributed by atoms with Crippen LogP contribution >= 0.6 is 0 Å². The predicted octanol–water partition coefficient (Wildman–Crippen LogP) is 1.64. The van der Waals surface area contributed by atoms with Gasteiger partial charge in [0.05, 0.1) is 6.61 Å². The lowest BCUT2D eigenvalue weighted by molar-refractivity contribution is 0.260. The second kappa shape index (κ2) is 5.23. The minimum absolute atomic E-state index is 0.215. The Kier molecular flexibility index (Phi) is 3.61. The maximum atomic E-state index is 9.05. The number of rotatable bonds is 3. The van der Waals surface area contributed by atoms with Crippen molar-refractivity contribution in [2.24, 2.45) is 0 Å². The van der Waals surface area contributed by atoms with Crippen molar-refractivity contribution in [2.75, 3.05) is 26.2 Å². The van der Waals surface area contributed by atoms with Crippen molar-refractivity contribution in [1.29, 1.82) is 0 Å². The summed E-state index contributed by atoms with van der Waals surface area (Å²) in [4.78, 5) is 0. The average Bonchev–Trinajstić information content (AvgIpc) is 2.71. The third kappa shape index (κ3) is 2.31. The van der Waals surface area contributed by atoms with Crippen LogP contribution in [0.5, 0.6) is 0 Å². The number of aliphatic hydroxyl groups is 1. The lowest BCUT2D eigenvalue weighted by Gasteiger charge is -2.35. The van der Waals surface area contributed by atoms with E-state index in [2.05, 4.69) is 35.8 Å². The van der Waals surface area contributed by atoms with Gasteiger partial charge in [0.25, 0.3) is 0 Å². The summed E-state index contributed by atoms with van der Waals surface area (Å²) >= 11 is 0. The Morgan fingerprint density at radius 1 is 1.37 bits per heavy atom. The van der Waals surface area contributed by atoms with Gasteiger partial charge in [0, 0.05) is 12.6 Å². The van der Waals surface area contributed by atoms with Crippen molar-refractivity contribution < 1.29 is 5.11 Å². The molecule has 1 unspecified atom stereocenters. The second-order valence-corrected chi connectivity index (χ2v) is 6.06. The van der Waals surface area contributed by atoms with Crippen LogP contribution in [0, 0.1) is 6.92 Å². The van der Waals surface area contributed by atoms with E-state index in [0.717, 1.165) is 13.1 Å². The van der Waals surface area contributed by atoms with E-state index in [4.69, 9.17) is 5.11 Å². The zero-order chi connectivity index (χ0) is 13.3. The summed E-state index contributed by atoms with van der Waals surface area (Å²) in [7, 11) is 0. The number of benzene rings is 1. The van der Waals surface area contributed by atoms with Crippen molar-refractivity contribution in [3.05, 3.63) is 34.9 Å². The molecule has 3 rings (SSSR count). The first-order chi connectivity index (χ1) is 9.25. The largest absolute Gasteiger partial charge is 0.395 e. The summed E-state index contributed by atoms with van der Waals surface area (Å²) < 4.78 is 0. The number of aryl methyl sites for hydroxylation is 1. The Morgan fingerprint density at radius 2 is 2.16 bits per heavy atom. The van der Waals surface area contributed by atoms with Gasteiger partial charge in [-0.2, -0.15) is 0 Å². The molecule has 0 aromatic heterocycles. The van der Waals surface area contributed by atoms with Crippen molar-refractivity contribution in [3.63, 3.8) is 0 Å². The van der Waals surface area contributed by atoms with Crippen LogP contribution in [0.1, 0.15) is 42.0 Å². The Morgan fingerprint density at radius 3 is 2.89 bits per heavy atom. The Balaban J connectivity index is 1.95. The number of hydrogen-bond donors (Lipinski definition) is 3. The van der Waals surface area contributed by atoms with E-state index in [0.29, 0.717) is 18.0 Å². The molecule has 1 saturated heterocycles. The molecule has 3 nitrogen and oxygen atoms in total. The van der Waals surface area contributed by atoms with Crippen LogP contribution in [0.25, 0.3) is 0 Å². The van der Waals surface area contributed by atoms with E-state index in [1.54, 1.807) is 5.56 Å². The third-order valence-electron chi connectivity index (χ3n) is 4.81. The minimum Gasteiger partial charge on any atom is -0.395 e. The molecule has 1 fully saturated rings. The van der Waals surface area contributed by atoms with E-state index >= 15 is 0 Å². The van der Waals surface area contributed by atoms with Gasteiger partial charge in [-0.25, -0.2) is 0 Å². The molecular weight excluding hydrogens is 236 g/mol. The van der Waals surface area contributed by atoms with Crippen molar-refractivity contribution in [3.8, 4) is 0 Å². The lowest BCUT2D eigenvalue weighted by atomic mass is 9.74. The lowest BCUT2D eigenvalue weighted by Crippen LogP contribution is -2.39. The highest BCUT2D eigenvalue weighted by Gasteiger charge is 2.43. The SMILES string of the molecule is Cc1ccc2c(c1)C1(CCNCC1)CC2NCCO. The number of nitrogens with one attached hydrogen (secondary N) is 2. The quantitative estimate of drug-likeness (QED) is 0.774. The highest BCUT2D eigenvalue weighted by Crippen LogP contribution is 2.50. The third-order valence-corrected chi connectivity index (χ3v) is 4.81. The van der Waals surface area contributed by atoms with Crippen LogP contribution in [0.3, 0.4) is 0 Å². The van der Waals surface area contributed by atoms with E-state index in [-0.39, 0.29) is 6.61 Å². The first-order valence-electron chi connectivity index (χ1n) is 7.41. The zero-order valence-corrected chi connectivity index (χ0v) is 11.7. The molecular formula is C16H24N2O. The van der Waals surface area contributed by atoms with Crippen LogP contribution in [-0.2, 0) is 5.41 Å². The summed E-state index contributed by atoms with van der Waals surface area (Å²) in [6.45, 7) is 5.34. The molecule has 0 saturated carbocycles. The molecule has 0 radical (unpaired) electrons. The Hall–Kier alpha value is -0.900. The average molecular weight is 260 g/mol. The summed E-state index contributed by atoms with van der Waals surface area (Å²) in [6.07, 6.45) is 3.66. The van der Waals surface area contributed by atoms with Crippen molar-refractivity contribution in [2.45, 2.75) is 37.6 Å². The maximum Gasteiger partial charge on any atom is 0.0556 e. The van der Waals surface area contributed by atoms with Crippen molar-refractivity contribution in [1.82, 2.24) is 10.6 Å². The molecule has 3 N–H and O–H groups in total. The number of hydrogen-bond acceptors (Lipinski definition) is 3. The van der Waals surface area contributed by atoms with Gasteiger partial charge in [-0.1, -0.05) is 23.8 Å². The molecule has 1 aliphatic carbocycles. The molecule has 1 spiro atoms. The van der Waals surface area contributed by atoms with Gasteiger partial charge < -0.3 is 15.7 Å². The Bertz CT molecular complexity index is 452. The normalized spacial score (nSPS) is 24.6. The Labute approximate surface area is 115 Å². The van der Waals surface area contributed by atoms with Crippen LogP contribution in [0.15, 0.2) is 18.2 Å². The predicted molar refractivity (Wildman–Crippen MR) is 77.4 cm³/mol. The molecule has 1 aromatic carbocycles. The number of piperidine rings is 1. The molecule has 1 heterocycles. The van der Waals surface area contributed by atoms with Gasteiger partial charge >= 0.3 is 0 Å². The van der Waals surface area contributed by atoms with Crippen LogP contribution in [0.2, 0.25) is 0 Å². The maximum absolute atomic E-state index is 9.05. The second-order valence-electron chi connectivity index (χ2n) is 6.06. The fraction of sp³-hybridized carbons (Fsp3) is 0.625. The topological polar surface area (TPSA) is 44.3 Å². The molecule has 104 valence electrons. The minimum atomic E-state index is 0.215.